The Hall–Kier alpha value is -2.56. The first-order valence-electron chi connectivity index (χ1n) is 7.98. The number of carbonyl (C=O) groups excluding carboxylic acids is 2. The number of fused-ring (bicyclic) bond motifs is 1. The van der Waals surface area contributed by atoms with Crippen LogP contribution < -0.4 is 5.32 Å². The van der Waals surface area contributed by atoms with Gasteiger partial charge in [0.2, 0.25) is 5.91 Å². The number of hydrogen-bond acceptors (Lipinski definition) is 4. The Labute approximate surface area is 141 Å². The second-order valence-electron chi connectivity index (χ2n) is 6.43. The minimum atomic E-state index is -0.566. The fraction of sp³-hybridized carbons (Fsp3) is 0.368. The second kappa shape index (κ2) is 7.34. The van der Waals surface area contributed by atoms with E-state index in [4.69, 9.17) is 9.15 Å². The minimum Gasteiger partial charge on any atom is -0.460 e. The van der Waals surface area contributed by atoms with E-state index in [1.807, 2.05) is 31.2 Å². The zero-order valence-electron chi connectivity index (χ0n) is 14.5. The molecule has 0 bridgehead atoms. The summed E-state index contributed by atoms with van der Waals surface area (Å²) in [6.45, 7) is 7.18. The normalized spacial score (nSPS) is 11.8. The number of aryl methyl sites for hydroxylation is 1. The van der Waals surface area contributed by atoms with Crippen LogP contribution in [0.15, 0.2) is 34.8 Å². The van der Waals surface area contributed by atoms with Crippen LogP contribution in [0.1, 0.15) is 39.0 Å². The number of carbonyl (C=O) groups is 2. The number of amides is 1. The average molecular weight is 329 g/mol. The Bertz CT molecular complexity index is 765. The highest BCUT2D eigenvalue weighted by molar-refractivity contribution is 5.97. The van der Waals surface area contributed by atoms with Crippen molar-refractivity contribution in [1.82, 2.24) is 5.32 Å². The number of hydrogen-bond donors (Lipinski definition) is 1. The van der Waals surface area contributed by atoms with E-state index in [9.17, 15) is 9.59 Å². The van der Waals surface area contributed by atoms with Crippen LogP contribution >= 0.6 is 0 Å². The average Bonchev–Trinajstić information content (AvgIpc) is 2.87. The lowest BCUT2D eigenvalue weighted by Crippen LogP contribution is -2.33. The van der Waals surface area contributed by atoms with Crippen molar-refractivity contribution in [2.75, 3.05) is 6.54 Å². The molecule has 5 heteroatoms. The fourth-order valence-corrected chi connectivity index (χ4v) is 2.32. The quantitative estimate of drug-likeness (QED) is 0.674. The van der Waals surface area contributed by atoms with Gasteiger partial charge >= 0.3 is 5.97 Å². The maximum absolute atomic E-state index is 11.9. The van der Waals surface area contributed by atoms with Crippen LogP contribution in [0.2, 0.25) is 0 Å². The first-order valence-corrected chi connectivity index (χ1v) is 7.98. The lowest BCUT2D eigenvalue weighted by molar-refractivity contribution is -0.154. The first-order chi connectivity index (χ1) is 11.3. The Morgan fingerprint density at radius 3 is 2.62 bits per heavy atom. The summed E-state index contributed by atoms with van der Waals surface area (Å²) in [5.74, 6) is 0.00726. The van der Waals surface area contributed by atoms with Crippen LogP contribution in [0.25, 0.3) is 17.0 Å². The Morgan fingerprint density at radius 1 is 1.25 bits per heavy atom. The number of para-hydroxylation sites is 1. The molecule has 0 atom stereocenters. The molecule has 24 heavy (non-hydrogen) atoms. The van der Waals surface area contributed by atoms with Crippen molar-refractivity contribution >= 4 is 28.9 Å². The highest BCUT2D eigenvalue weighted by atomic mass is 16.6. The maximum atomic E-state index is 11.9. The van der Waals surface area contributed by atoms with Gasteiger partial charge in [0.15, 0.2) is 0 Å². The molecule has 1 aromatic carbocycles. The molecule has 1 aromatic heterocycles. The summed E-state index contributed by atoms with van der Waals surface area (Å²) >= 11 is 0. The van der Waals surface area contributed by atoms with E-state index >= 15 is 0 Å². The third-order valence-corrected chi connectivity index (χ3v) is 3.26. The predicted molar refractivity (Wildman–Crippen MR) is 93.5 cm³/mol. The molecular weight excluding hydrogens is 306 g/mol. The molecule has 1 heterocycles. The van der Waals surface area contributed by atoms with E-state index in [0.717, 1.165) is 28.7 Å². The largest absolute Gasteiger partial charge is 0.460 e. The molecule has 2 aromatic rings. The number of nitrogens with one attached hydrogen (secondary N) is 1. The standard InChI is InChI=1S/C19H23NO4/c1-5-15-14(13-8-6-7-9-16(13)23-15)10-11-17(21)20-12-18(22)24-19(2,3)4/h6-11H,5,12H2,1-4H3,(H,20,21). The van der Waals surface area contributed by atoms with Gasteiger partial charge < -0.3 is 14.5 Å². The zero-order chi connectivity index (χ0) is 17.7. The fourth-order valence-electron chi connectivity index (χ4n) is 2.32. The molecule has 0 saturated heterocycles. The van der Waals surface area contributed by atoms with Crippen molar-refractivity contribution in [3.8, 4) is 0 Å². The number of esters is 1. The van der Waals surface area contributed by atoms with Gasteiger partial charge in [0, 0.05) is 23.4 Å². The molecule has 0 aliphatic carbocycles. The van der Waals surface area contributed by atoms with E-state index in [2.05, 4.69) is 5.32 Å². The summed E-state index contributed by atoms with van der Waals surface area (Å²) in [4.78, 5) is 23.5. The lowest BCUT2D eigenvalue weighted by Gasteiger charge is -2.19. The molecule has 0 saturated carbocycles. The molecule has 0 aliphatic heterocycles. The Balaban J connectivity index is 2.03. The van der Waals surface area contributed by atoms with Gasteiger partial charge in [-0.3, -0.25) is 9.59 Å². The summed E-state index contributed by atoms with van der Waals surface area (Å²) in [6.07, 6.45) is 3.85. The third kappa shape index (κ3) is 4.72. The summed E-state index contributed by atoms with van der Waals surface area (Å²) in [5, 5.41) is 3.49. The van der Waals surface area contributed by atoms with Gasteiger partial charge in [-0.2, -0.15) is 0 Å². The Morgan fingerprint density at radius 2 is 1.96 bits per heavy atom. The van der Waals surface area contributed by atoms with Gasteiger partial charge in [0.1, 0.15) is 23.5 Å². The van der Waals surface area contributed by atoms with Crippen LogP contribution in [0.4, 0.5) is 0 Å². The van der Waals surface area contributed by atoms with Crippen molar-refractivity contribution in [2.45, 2.75) is 39.7 Å². The monoisotopic (exact) mass is 329 g/mol. The van der Waals surface area contributed by atoms with Gasteiger partial charge in [-0.1, -0.05) is 25.1 Å². The number of furan rings is 1. The van der Waals surface area contributed by atoms with E-state index in [0.29, 0.717) is 0 Å². The number of benzene rings is 1. The van der Waals surface area contributed by atoms with Crippen molar-refractivity contribution in [1.29, 1.82) is 0 Å². The molecule has 5 nitrogen and oxygen atoms in total. The summed E-state index contributed by atoms with van der Waals surface area (Å²) < 4.78 is 10.9. The van der Waals surface area contributed by atoms with Gasteiger partial charge in [-0.25, -0.2) is 0 Å². The summed E-state index contributed by atoms with van der Waals surface area (Å²) in [5.41, 5.74) is 1.12. The number of rotatable bonds is 5. The van der Waals surface area contributed by atoms with Crippen LogP contribution in [0.5, 0.6) is 0 Å². The molecule has 0 aliphatic rings. The summed E-state index contributed by atoms with van der Waals surface area (Å²) in [6, 6.07) is 7.69. The summed E-state index contributed by atoms with van der Waals surface area (Å²) in [7, 11) is 0. The van der Waals surface area contributed by atoms with E-state index < -0.39 is 11.6 Å². The van der Waals surface area contributed by atoms with E-state index in [-0.39, 0.29) is 12.5 Å². The van der Waals surface area contributed by atoms with Gasteiger partial charge in [-0.15, -0.1) is 0 Å². The van der Waals surface area contributed by atoms with Gasteiger partial charge in [0.05, 0.1) is 0 Å². The van der Waals surface area contributed by atoms with Gasteiger partial charge in [-0.05, 0) is 32.9 Å². The van der Waals surface area contributed by atoms with Crippen LogP contribution in [0.3, 0.4) is 0 Å². The Kier molecular flexibility index (Phi) is 5.44. The highest BCUT2D eigenvalue weighted by Crippen LogP contribution is 2.27. The SMILES string of the molecule is CCc1oc2ccccc2c1C=CC(=O)NCC(=O)OC(C)(C)C. The topological polar surface area (TPSA) is 68.5 Å². The minimum absolute atomic E-state index is 0.160. The highest BCUT2D eigenvalue weighted by Gasteiger charge is 2.16. The smallest absolute Gasteiger partial charge is 0.325 e. The molecule has 128 valence electrons. The van der Waals surface area contributed by atoms with E-state index in [1.165, 1.54) is 6.08 Å². The predicted octanol–water partition coefficient (Wildman–Crippen LogP) is 3.47. The molecule has 2 rings (SSSR count). The molecule has 0 unspecified atom stereocenters. The van der Waals surface area contributed by atoms with Crippen LogP contribution in [0, 0.1) is 0 Å². The molecule has 0 spiro atoms. The van der Waals surface area contributed by atoms with Crippen LogP contribution in [-0.4, -0.2) is 24.0 Å². The van der Waals surface area contributed by atoms with Crippen molar-refractivity contribution in [3.63, 3.8) is 0 Å². The number of ether oxygens (including phenoxy) is 1. The first kappa shape index (κ1) is 17.8. The maximum Gasteiger partial charge on any atom is 0.325 e. The van der Waals surface area contributed by atoms with Crippen molar-refractivity contribution in [3.05, 3.63) is 41.7 Å². The van der Waals surface area contributed by atoms with Crippen LogP contribution in [-0.2, 0) is 20.7 Å². The lowest BCUT2D eigenvalue weighted by atomic mass is 10.1. The molecule has 0 radical (unpaired) electrons. The van der Waals surface area contributed by atoms with E-state index in [1.54, 1.807) is 26.8 Å². The molecular formula is C19H23NO4. The molecule has 1 amide bonds. The molecule has 0 fully saturated rings. The second-order valence-corrected chi connectivity index (χ2v) is 6.43. The zero-order valence-corrected chi connectivity index (χ0v) is 14.5. The van der Waals surface area contributed by atoms with Gasteiger partial charge in [0.25, 0.3) is 0 Å². The molecule has 1 N–H and O–H groups in total. The third-order valence-electron chi connectivity index (χ3n) is 3.26. The van der Waals surface area contributed by atoms with Crippen molar-refractivity contribution < 1.29 is 18.7 Å². The van der Waals surface area contributed by atoms with Crippen molar-refractivity contribution in [2.24, 2.45) is 0 Å².